The molecule has 0 amide bonds. The maximum atomic E-state index is 10.6. The van der Waals surface area contributed by atoms with Gasteiger partial charge in [-0.25, -0.2) is 0 Å². The first kappa shape index (κ1) is 16.4. The molecular weight excluding hydrogens is 272 g/mol. The third kappa shape index (κ3) is 2.27. The van der Waals surface area contributed by atoms with Gasteiger partial charge in [-0.05, 0) is 93.5 Å². The summed E-state index contributed by atoms with van der Waals surface area (Å²) in [5, 5.41) is 10.6. The van der Waals surface area contributed by atoms with Gasteiger partial charge in [0.15, 0.2) is 0 Å². The van der Waals surface area contributed by atoms with E-state index in [9.17, 15) is 5.11 Å². The molecule has 2 heteroatoms. The Bertz CT molecular complexity index is 756. The molecule has 22 heavy (non-hydrogen) atoms. The van der Waals surface area contributed by atoms with Crippen molar-refractivity contribution in [3.05, 3.63) is 45.0 Å². The number of rotatable bonds is 2. The van der Waals surface area contributed by atoms with Gasteiger partial charge in [0.25, 0.3) is 0 Å². The maximum absolute atomic E-state index is 10.6. The Balaban J connectivity index is 2.99. The van der Waals surface area contributed by atoms with Crippen molar-refractivity contribution in [1.29, 1.82) is 0 Å². The summed E-state index contributed by atoms with van der Waals surface area (Å²) < 4.78 is 5.72. The van der Waals surface area contributed by atoms with Crippen LogP contribution in [0.25, 0.3) is 11.1 Å². The van der Waals surface area contributed by atoms with E-state index in [0.717, 1.165) is 33.6 Å². The molecule has 0 aliphatic carbocycles. The Morgan fingerprint density at radius 1 is 0.682 bits per heavy atom. The monoisotopic (exact) mass is 298 g/mol. The highest BCUT2D eigenvalue weighted by Gasteiger charge is 2.22. The van der Waals surface area contributed by atoms with E-state index >= 15 is 0 Å². The van der Waals surface area contributed by atoms with E-state index in [2.05, 4.69) is 41.5 Å². The molecule has 0 saturated carbocycles. The first-order chi connectivity index (χ1) is 10.2. The van der Waals surface area contributed by atoms with Crippen LogP contribution in [0.4, 0.5) is 0 Å². The van der Waals surface area contributed by atoms with Crippen molar-refractivity contribution < 1.29 is 9.84 Å². The fourth-order valence-corrected chi connectivity index (χ4v) is 3.21. The summed E-state index contributed by atoms with van der Waals surface area (Å²) in [6.45, 7) is 14.6. The van der Waals surface area contributed by atoms with Crippen LogP contribution < -0.4 is 4.74 Å². The molecule has 0 atom stereocenters. The molecule has 0 heterocycles. The number of benzene rings is 2. The molecule has 0 bridgehead atoms. The van der Waals surface area contributed by atoms with E-state index in [4.69, 9.17) is 4.74 Å². The molecule has 0 spiro atoms. The average Bonchev–Trinajstić information content (AvgIpc) is 2.48. The number of methoxy groups -OCH3 is 1. The van der Waals surface area contributed by atoms with Crippen molar-refractivity contribution in [3.63, 3.8) is 0 Å². The molecule has 0 saturated heterocycles. The minimum atomic E-state index is 0.324. The predicted octanol–water partition coefficient (Wildman–Crippen LogP) is 5.23. The molecule has 0 aromatic heterocycles. The molecule has 2 aromatic rings. The maximum Gasteiger partial charge on any atom is 0.130 e. The van der Waals surface area contributed by atoms with Crippen LogP contribution in [0, 0.1) is 48.5 Å². The number of phenols is 1. The number of hydrogen-bond acceptors (Lipinski definition) is 2. The Morgan fingerprint density at radius 3 is 1.73 bits per heavy atom. The van der Waals surface area contributed by atoms with E-state index in [1.807, 2.05) is 13.0 Å². The van der Waals surface area contributed by atoms with E-state index in [0.29, 0.717) is 5.75 Å². The summed E-state index contributed by atoms with van der Waals surface area (Å²) in [7, 11) is 1.70. The van der Waals surface area contributed by atoms with Gasteiger partial charge < -0.3 is 9.84 Å². The van der Waals surface area contributed by atoms with Crippen molar-refractivity contribution >= 4 is 0 Å². The molecule has 0 aliphatic rings. The lowest BCUT2D eigenvalue weighted by molar-refractivity contribution is 0.411. The lowest BCUT2D eigenvalue weighted by atomic mass is 9.85. The summed E-state index contributed by atoms with van der Waals surface area (Å²) in [4.78, 5) is 0. The minimum Gasteiger partial charge on any atom is -0.507 e. The Hall–Kier alpha value is -1.96. The zero-order valence-corrected chi connectivity index (χ0v) is 14.9. The highest BCUT2D eigenvalue weighted by atomic mass is 16.5. The van der Waals surface area contributed by atoms with Gasteiger partial charge in [-0.3, -0.25) is 0 Å². The molecule has 2 aromatic carbocycles. The smallest absolute Gasteiger partial charge is 0.130 e. The standard InChI is InChI=1S/C20H26O2/c1-10-9-17(21)18(14(5)11(10)2)19-15(6)12(3)13(4)16(7)20(19)22-8/h9,21H,1-8H3. The quantitative estimate of drug-likeness (QED) is 0.823. The highest BCUT2D eigenvalue weighted by Crippen LogP contribution is 2.45. The molecule has 0 fully saturated rings. The first-order valence-electron chi connectivity index (χ1n) is 7.66. The summed E-state index contributed by atoms with van der Waals surface area (Å²) >= 11 is 0. The van der Waals surface area contributed by atoms with E-state index < -0.39 is 0 Å². The van der Waals surface area contributed by atoms with Crippen LogP contribution in [-0.2, 0) is 0 Å². The fourth-order valence-electron chi connectivity index (χ4n) is 3.21. The van der Waals surface area contributed by atoms with Gasteiger partial charge in [-0.2, -0.15) is 0 Å². The zero-order chi connectivity index (χ0) is 16.8. The minimum absolute atomic E-state index is 0.324. The van der Waals surface area contributed by atoms with Crippen LogP contribution in [0.15, 0.2) is 6.07 Å². The average molecular weight is 298 g/mol. The first-order valence-corrected chi connectivity index (χ1v) is 7.66. The van der Waals surface area contributed by atoms with Gasteiger partial charge in [-0.15, -0.1) is 0 Å². The van der Waals surface area contributed by atoms with Crippen molar-refractivity contribution in [2.24, 2.45) is 0 Å². The predicted molar refractivity (Wildman–Crippen MR) is 93.3 cm³/mol. The second-order valence-electron chi connectivity index (χ2n) is 6.25. The second kappa shape index (κ2) is 5.68. The molecule has 0 aliphatic heterocycles. The number of aromatic hydroxyl groups is 1. The summed E-state index contributed by atoms with van der Waals surface area (Å²) in [5.41, 5.74) is 10.1. The van der Waals surface area contributed by atoms with E-state index in [1.165, 1.54) is 22.3 Å². The van der Waals surface area contributed by atoms with Crippen LogP contribution in [-0.4, -0.2) is 12.2 Å². The van der Waals surface area contributed by atoms with Gasteiger partial charge in [0.2, 0.25) is 0 Å². The number of hydrogen-bond donors (Lipinski definition) is 1. The van der Waals surface area contributed by atoms with E-state index in [1.54, 1.807) is 7.11 Å². The second-order valence-corrected chi connectivity index (χ2v) is 6.25. The third-order valence-electron chi connectivity index (χ3n) is 5.22. The molecule has 1 N–H and O–H groups in total. The summed E-state index contributed by atoms with van der Waals surface area (Å²) in [6.07, 6.45) is 0. The number of aryl methyl sites for hydroxylation is 1. The van der Waals surface area contributed by atoms with Gasteiger partial charge in [-0.1, -0.05) is 0 Å². The lowest BCUT2D eigenvalue weighted by Crippen LogP contribution is -2.02. The normalized spacial score (nSPS) is 10.9. The van der Waals surface area contributed by atoms with Gasteiger partial charge in [0.1, 0.15) is 11.5 Å². The van der Waals surface area contributed by atoms with Crippen LogP contribution in [0.2, 0.25) is 0 Å². The zero-order valence-electron chi connectivity index (χ0n) is 14.9. The van der Waals surface area contributed by atoms with Crippen LogP contribution >= 0.6 is 0 Å². The number of phenolic OH excluding ortho intramolecular Hbond substituents is 1. The van der Waals surface area contributed by atoms with Crippen molar-refractivity contribution in [2.75, 3.05) is 7.11 Å². The Kier molecular flexibility index (Phi) is 4.23. The van der Waals surface area contributed by atoms with Crippen LogP contribution in [0.5, 0.6) is 11.5 Å². The van der Waals surface area contributed by atoms with Gasteiger partial charge in [0, 0.05) is 11.1 Å². The fraction of sp³-hybridized carbons (Fsp3) is 0.400. The van der Waals surface area contributed by atoms with Crippen molar-refractivity contribution in [3.8, 4) is 22.6 Å². The molecule has 0 radical (unpaired) electrons. The van der Waals surface area contributed by atoms with Gasteiger partial charge in [0.05, 0.1) is 7.11 Å². The van der Waals surface area contributed by atoms with Gasteiger partial charge >= 0.3 is 0 Å². The molecular formula is C20H26O2. The Morgan fingerprint density at radius 2 is 1.18 bits per heavy atom. The molecule has 2 rings (SSSR count). The molecule has 2 nitrogen and oxygen atoms in total. The SMILES string of the molecule is COc1c(C)c(C)c(C)c(C)c1-c1c(O)cc(C)c(C)c1C. The van der Waals surface area contributed by atoms with Crippen molar-refractivity contribution in [1.82, 2.24) is 0 Å². The molecule has 118 valence electrons. The Labute approximate surface area is 133 Å². The van der Waals surface area contributed by atoms with Crippen molar-refractivity contribution in [2.45, 2.75) is 48.5 Å². The summed E-state index contributed by atoms with van der Waals surface area (Å²) in [5.74, 6) is 1.19. The number of ether oxygens (including phenoxy) is 1. The topological polar surface area (TPSA) is 29.5 Å². The lowest BCUT2D eigenvalue weighted by Gasteiger charge is -2.23. The third-order valence-corrected chi connectivity index (χ3v) is 5.22. The molecule has 0 unspecified atom stereocenters. The van der Waals surface area contributed by atoms with E-state index in [-0.39, 0.29) is 0 Å². The largest absolute Gasteiger partial charge is 0.507 e. The van der Waals surface area contributed by atoms with Crippen LogP contribution in [0.3, 0.4) is 0 Å². The summed E-state index contributed by atoms with van der Waals surface area (Å²) in [6, 6.07) is 1.85. The highest BCUT2D eigenvalue weighted by molar-refractivity contribution is 5.84. The van der Waals surface area contributed by atoms with Crippen LogP contribution in [0.1, 0.15) is 38.9 Å².